The molecule has 0 saturated heterocycles. The quantitative estimate of drug-likeness (QED) is 0.905. The Morgan fingerprint density at radius 2 is 1.92 bits per heavy atom. The summed E-state index contributed by atoms with van der Waals surface area (Å²) in [5.74, 6) is -0.700. The van der Waals surface area contributed by atoms with Crippen LogP contribution in [0.1, 0.15) is 11.1 Å². The first kappa shape index (κ1) is 16.0. The van der Waals surface area contributed by atoms with E-state index < -0.39 is 23.7 Å². The molecule has 0 spiro atoms. The van der Waals surface area contributed by atoms with Crippen molar-refractivity contribution in [1.82, 2.24) is 0 Å². The average molecular weight is 333 g/mol. The predicted octanol–water partition coefficient (Wildman–Crippen LogP) is 3.30. The van der Waals surface area contributed by atoms with Crippen LogP contribution in [-0.4, -0.2) is 17.7 Å². The van der Waals surface area contributed by atoms with Gasteiger partial charge in [-0.15, -0.1) is 0 Å². The van der Waals surface area contributed by atoms with Crippen LogP contribution >= 0.6 is 0 Å². The Hall–Kier alpha value is -2.83. The van der Waals surface area contributed by atoms with Crippen LogP contribution in [0.4, 0.5) is 24.5 Å². The molecule has 2 aromatic rings. The van der Waals surface area contributed by atoms with Gasteiger partial charge in [-0.05, 0) is 30.2 Å². The van der Waals surface area contributed by atoms with Crippen molar-refractivity contribution in [2.75, 3.05) is 5.32 Å². The standard InChI is InChI=1S/C17H14F3N3O/c18-17(19,20)11-5-3-4-10(8-11)9-14-15(16(21)24)23-13-7-2-1-6-12(13)22-14/h1-8,14,22H,9H2,(H2,21,24). The number of nitrogens with two attached hydrogens (primary N) is 1. The van der Waals surface area contributed by atoms with E-state index in [1.807, 2.05) is 0 Å². The number of aliphatic imine (C=N–C) groups is 1. The van der Waals surface area contributed by atoms with E-state index in [1.165, 1.54) is 6.07 Å². The highest BCUT2D eigenvalue weighted by Gasteiger charge is 2.31. The predicted molar refractivity (Wildman–Crippen MR) is 85.3 cm³/mol. The Kier molecular flexibility index (Phi) is 4.01. The molecule has 1 unspecified atom stereocenters. The summed E-state index contributed by atoms with van der Waals surface area (Å²) in [5, 5.41) is 3.12. The maximum absolute atomic E-state index is 12.8. The van der Waals surface area contributed by atoms with Gasteiger partial charge in [-0.3, -0.25) is 4.79 Å². The number of anilines is 1. The van der Waals surface area contributed by atoms with Gasteiger partial charge in [-0.25, -0.2) is 4.99 Å². The lowest BCUT2D eigenvalue weighted by Crippen LogP contribution is -2.42. The number of carbonyl (C=O) groups excluding carboxylic acids is 1. The number of nitrogens with one attached hydrogen (secondary N) is 1. The zero-order valence-electron chi connectivity index (χ0n) is 12.5. The van der Waals surface area contributed by atoms with Crippen LogP contribution in [0, 0.1) is 0 Å². The van der Waals surface area contributed by atoms with E-state index in [2.05, 4.69) is 10.3 Å². The minimum atomic E-state index is -4.41. The normalized spacial score (nSPS) is 16.8. The van der Waals surface area contributed by atoms with Crippen molar-refractivity contribution >= 4 is 23.0 Å². The van der Waals surface area contributed by atoms with Crippen molar-refractivity contribution in [1.29, 1.82) is 0 Å². The number of amides is 1. The molecule has 24 heavy (non-hydrogen) atoms. The molecule has 1 heterocycles. The van der Waals surface area contributed by atoms with E-state index in [4.69, 9.17) is 5.73 Å². The van der Waals surface area contributed by atoms with E-state index >= 15 is 0 Å². The number of carbonyl (C=O) groups is 1. The van der Waals surface area contributed by atoms with Gasteiger partial charge in [-0.2, -0.15) is 13.2 Å². The number of fused-ring (bicyclic) bond motifs is 1. The molecule has 1 amide bonds. The summed E-state index contributed by atoms with van der Waals surface area (Å²) in [6.45, 7) is 0. The van der Waals surface area contributed by atoms with Crippen molar-refractivity contribution < 1.29 is 18.0 Å². The van der Waals surface area contributed by atoms with Gasteiger partial charge in [0.15, 0.2) is 0 Å². The Morgan fingerprint density at radius 3 is 2.62 bits per heavy atom. The first-order valence-electron chi connectivity index (χ1n) is 7.24. The molecule has 3 N–H and O–H groups in total. The lowest BCUT2D eigenvalue weighted by Gasteiger charge is -2.26. The fraction of sp³-hybridized carbons (Fsp3) is 0.176. The summed E-state index contributed by atoms with van der Waals surface area (Å²) in [7, 11) is 0. The molecule has 0 aliphatic carbocycles. The summed E-state index contributed by atoms with van der Waals surface area (Å²) in [4.78, 5) is 15.9. The van der Waals surface area contributed by atoms with Crippen LogP contribution in [0.5, 0.6) is 0 Å². The summed E-state index contributed by atoms with van der Waals surface area (Å²) in [5.41, 5.74) is 6.48. The van der Waals surface area contributed by atoms with Crippen molar-refractivity contribution in [2.45, 2.75) is 18.6 Å². The molecule has 1 atom stereocenters. The summed E-state index contributed by atoms with van der Waals surface area (Å²) in [6, 6.07) is 11.5. The van der Waals surface area contributed by atoms with E-state index in [0.717, 1.165) is 12.1 Å². The van der Waals surface area contributed by atoms with Crippen LogP contribution in [0.15, 0.2) is 53.5 Å². The van der Waals surface area contributed by atoms with Crippen LogP contribution in [-0.2, 0) is 17.4 Å². The second-order valence-corrected chi connectivity index (χ2v) is 5.48. The lowest BCUT2D eigenvalue weighted by atomic mass is 9.97. The number of halogens is 3. The highest BCUT2D eigenvalue weighted by molar-refractivity contribution is 6.42. The van der Waals surface area contributed by atoms with Crippen LogP contribution in [0.25, 0.3) is 0 Å². The van der Waals surface area contributed by atoms with E-state index in [9.17, 15) is 18.0 Å². The number of hydrogen-bond acceptors (Lipinski definition) is 3. The largest absolute Gasteiger partial charge is 0.416 e. The van der Waals surface area contributed by atoms with Gasteiger partial charge in [0.1, 0.15) is 5.71 Å². The highest BCUT2D eigenvalue weighted by Crippen LogP contribution is 2.32. The Balaban J connectivity index is 1.91. The zero-order valence-corrected chi connectivity index (χ0v) is 12.5. The molecule has 2 aromatic carbocycles. The lowest BCUT2D eigenvalue weighted by molar-refractivity contribution is -0.137. The topological polar surface area (TPSA) is 67.5 Å². The van der Waals surface area contributed by atoms with Gasteiger partial charge >= 0.3 is 6.18 Å². The summed E-state index contributed by atoms with van der Waals surface area (Å²) in [6.07, 6.45) is -4.25. The molecule has 3 rings (SSSR count). The third-order valence-electron chi connectivity index (χ3n) is 3.75. The Morgan fingerprint density at radius 1 is 1.17 bits per heavy atom. The maximum atomic E-state index is 12.8. The van der Waals surface area contributed by atoms with Crippen molar-refractivity contribution in [3.05, 3.63) is 59.7 Å². The molecule has 7 heteroatoms. The second kappa shape index (κ2) is 5.99. The minimum Gasteiger partial charge on any atom is -0.374 e. The van der Waals surface area contributed by atoms with Crippen molar-refractivity contribution in [3.8, 4) is 0 Å². The number of rotatable bonds is 3. The molecule has 0 radical (unpaired) electrons. The molecule has 124 valence electrons. The van der Waals surface area contributed by atoms with E-state index in [0.29, 0.717) is 16.9 Å². The molecular formula is C17H14F3N3O. The van der Waals surface area contributed by atoms with Crippen LogP contribution in [0.3, 0.4) is 0 Å². The first-order chi connectivity index (χ1) is 11.3. The number of primary amides is 1. The smallest absolute Gasteiger partial charge is 0.374 e. The summed E-state index contributed by atoms with van der Waals surface area (Å²) >= 11 is 0. The Bertz CT molecular complexity index is 815. The van der Waals surface area contributed by atoms with Gasteiger partial charge in [0.2, 0.25) is 0 Å². The minimum absolute atomic E-state index is 0.103. The Labute approximate surface area is 136 Å². The second-order valence-electron chi connectivity index (χ2n) is 5.48. The van der Waals surface area contributed by atoms with Crippen molar-refractivity contribution in [2.24, 2.45) is 10.7 Å². The molecule has 0 fully saturated rings. The van der Waals surface area contributed by atoms with E-state index in [1.54, 1.807) is 30.3 Å². The monoisotopic (exact) mass is 333 g/mol. The van der Waals surface area contributed by atoms with Gasteiger partial charge in [-0.1, -0.05) is 30.3 Å². The first-order valence-corrected chi connectivity index (χ1v) is 7.24. The third kappa shape index (κ3) is 3.24. The summed E-state index contributed by atoms with van der Waals surface area (Å²) < 4.78 is 38.5. The fourth-order valence-electron chi connectivity index (χ4n) is 2.64. The number of alkyl halides is 3. The SMILES string of the molecule is NC(=O)C1=Nc2ccccc2NC1Cc1cccc(C(F)(F)F)c1. The molecule has 1 aliphatic heterocycles. The van der Waals surface area contributed by atoms with Gasteiger partial charge in [0.25, 0.3) is 5.91 Å². The van der Waals surface area contributed by atoms with Crippen LogP contribution < -0.4 is 11.1 Å². The molecule has 1 aliphatic rings. The molecule has 0 aromatic heterocycles. The van der Waals surface area contributed by atoms with E-state index in [-0.39, 0.29) is 12.1 Å². The number of para-hydroxylation sites is 2. The maximum Gasteiger partial charge on any atom is 0.416 e. The van der Waals surface area contributed by atoms with Gasteiger partial charge in [0.05, 0.1) is 23.0 Å². The molecule has 4 nitrogen and oxygen atoms in total. The van der Waals surface area contributed by atoms with Gasteiger partial charge in [0, 0.05) is 0 Å². The highest BCUT2D eigenvalue weighted by atomic mass is 19.4. The molecular weight excluding hydrogens is 319 g/mol. The molecule has 0 bridgehead atoms. The third-order valence-corrected chi connectivity index (χ3v) is 3.75. The number of nitrogens with zero attached hydrogens (tertiary/aromatic N) is 1. The molecule has 0 saturated carbocycles. The average Bonchev–Trinajstić information content (AvgIpc) is 2.53. The van der Waals surface area contributed by atoms with Crippen LogP contribution in [0.2, 0.25) is 0 Å². The van der Waals surface area contributed by atoms with Gasteiger partial charge < -0.3 is 11.1 Å². The van der Waals surface area contributed by atoms with Crippen molar-refractivity contribution in [3.63, 3.8) is 0 Å². The number of benzene rings is 2. The fourth-order valence-corrected chi connectivity index (χ4v) is 2.64. The zero-order chi connectivity index (χ0) is 17.3. The number of hydrogen-bond donors (Lipinski definition) is 2.